The van der Waals surface area contributed by atoms with Gasteiger partial charge in [0.1, 0.15) is 5.75 Å². The number of benzene rings is 1. The van der Waals surface area contributed by atoms with Gasteiger partial charge in [-0.3, -0.25) is 4.90 Å². The fraction of sp³-hybridized carbons (Fsp3) is 0.500. The van der Waals surface area contributed by atoms with Crippen molar-refractivity contribution in [3.05, 3.63) is 29.8 Å². The summed E-state index contributed by atoms with van der Waals surface area (Å²) in [6.07, 6.45) is 0. The Balaban J connectivity index is 2.63. The summed E-state index contributed by atoms with van der Waals surface area (Å²) in [7, 11) is 3.83. The highest BCUT2D eigenvalue weighted by Crippen LogP contribution is 2.15. The van der Waals surface area contributed by atoms with Gasteiger partial charge in [0.15, 0.2) is 0 Å². The van der Waals surface area contributed by atoms with Crippen LogP contribution in [0.1, 0.15) is 12.5 Å². The molecule has 0 saturated carbocycles. The maximum atomic E-state index is 5.20. The fourth-order valence-electron chi connectivity index (χ4n) is 1.33. The lowest BCUT2D eigenvalue weighted by Crippen LogP contribution is -2.29. The van der Waals surface area contributed by atoms with E-state index in [4.69, 9.17) is 4.74 Å². The van der Waals surface area contributed by atoms with Crippen LogP contribution in [0.2, 0.25) is 0 Å². The Morgan fingerprint density at radius 1 is 1.47 bits per heavy atom. The second-order valence-electron chi connectivity index (χ2n) is 3.77. The van der Waals surface area contributed by atoms with Gasteiger partial charge in [-0.2, -0.15) is 0 Å². The van der Waals surface area contributed by atoms with Crippen LogP contribution in [-0.2, 0) is 6.54 Å². The molecular formula is C12H18BrNO. The van der Waals surface area contributed by atoms with Crippen molar-refractivity contribution in [1.29, 1.82) is 0 Å². The minimum absolute atomic E-state index is 0.538. The highest BCUT2D eigenvalue weighted by atomic mass is 79.9. The summed E-state index contributed by atoms with van der Waals surface area (Å²) < 4.78 is 5.20. The van der Waals surface area contributed by atoms with Crippen LogP contribution >= 0.6 is 15.9 Å². The van der Waals surface area contributed by atoms with E-state index in [2.05, 4.69) is 46.9 Å². The first-order valence-corrected chi connectivity index (χ1v) is 6.18. The van der Waals surface area contributed by atoms with Gasteiger partial charge in [0, 0.05) is 17.9 Å². The average molecular weight is 272 g/mol. The molecule has 3 heteroatoms. The number of hydrogen-bond donors (Lipinski definition) is 0. The largest absolute Gasteiger partial charge is 0.497 e. The molecule has 0 saturated heterocycles. The van der Waals surface area contributed by atoms with Crippen molar-refractivity contribution >= 4 is 15.9 Å². The molecule has 0 heterocycles. The van der Waals surface area contributed by atoms with Gasteiger partial charge in [-0.25, -0.2) is 0 Å². The molecule has 1 aromatic rings. The van der Waals surface area contributed by atoms with E-state index in [-0.39, 0.29) is 0 Å². The van der Waals surface area contributed by atoms with E-state index in [9.17, 15) is 0 Å². The quantitative estimate of drug-likeness (QED) is 0.764. The summed E-state index contributed by atoms with van der Waals surface area (Å²) >= 11 is 3.49. The highest BCUT2D eigenvalue weighted by molar-refractivity contribution is 9.09. The molecule has 0 radical (unpaired) electrons. The topological polar surface area (TPSA) is 12.5 Å². The van der Waals surface area contributed by atoms with Crippen LogP contribution in [-0.4, -0.2) is 30.4 Å². The molecule has 0 fully saturated rings. The second-order valence-corrected chi connectivity index (χ2v) is 4.42. The monoisotopic (exact) mass is 271 g/mol. The van der Waals surface area contributed by atoms with E-state index >= 15 is 0 Å². The van der Waals surface area contributed by atoms with E-state index in [1.807, 2.05) is 12.1 Å². The zero-order chi connectivity index (χ0) is 11.3. The third kappa shape index (κ3) is 3.84. The third-order valence-electron chi connectivity index (χ3n) is 2.54. The van der Waals surface area contributed by atoms with E-state index in [1.54, 1.807) is 7.11 Å². The lowest BCUT2D eigenvalue weighted by Gasteiger charge is -2.22. The first-order valence-electron chi connectivity index (χ1n) is 5.06. The molecule has 1 unspecified atom stereocenters. The predicted molar refractivity (Wildman–Crippen MR) is 67.7 cm³/mol. The van der Waals surface area contributed by atoms with Crippen molar-refractivity contribution < 1.29 is 4.74 Å². The number of hydrogen-bond acceptors (Lipinski definition) is 2. The first-order chi connectivity index (χ1) is 7.17. The predicted octanol–water partition coefficient (Wildman–Crippen LogP) is 2.91. The molecular weight excluding hydrogens is 254 g/mol. The number of rotatable bonds is 5. The molecule has 1 rings (SSSR count). The Bertz CT molecular complexity index is 303. The van der Waals surface area contributed by atoms with Gasteiger partial charge < -0.3 is 4.74 Å². The number of ether oxygens (including phenoxy) is 1. The van der Waals surface area contributed by atoms with Gasteiger partial charge in [0.2, 0.25) is 0 Å². The lowest BCUT2D eigenvalue weighted by molar-refractivity contribution is 0.270. The zero-order valence-electron chi connectivity index (χ0n) is 9.53. The molecule has 2 nitrogen and oxygen atoms in total. The van der Waals surface area contributed by atoms with Crippen LogP contribution in [0.25, 0.3) is 0 Å². The number of methoxy groups -OCH3 is 1. The Kier molecular flexibility index (Phi) is 5.12. The van der Waals surface area contributed by atoms with Crippen molar-refractivity contribution in [2.24, 2.45) is 0 Å². The SMILES string of the molecule is COc1cccc(CN(C)C(C)CBr)c1. The van der Waals surface area contributed by atoms with Crippen molar-refractivity contribution in [3.8, 4) is 5.75 Å². The Morgan fingerprint density at radius 3 is 2.80 bits per heavy atom. The van der Waals surface area contributed by atoms with Gasteiger partial charge >= 0.3 is 0 Å². The van der Waals surface area contributed by atoms with Crippen LogP contribution < -0.4 is 4.74 Å². The van der Waals surface area contributed by atoms with Gasteiger partial charge in [-0.1, -0.05) is 28.1 Å². The molecule has 0 aliphatic heterocycles. The van der Waals surface area contributed by atoms with E-state index < -0.39 is 0 Å². The summed E-state index contributed by atoms with van der Waals surface area (Å²) in [5, 5.41) is 0.994. The molecule has 0 amide bonds. The maximum absolute atomic E-state index is 5.20. The molecule has 84 valence electrons. The molecule has 0 bridgehead atoms. The van der Waals surface area contributed by atoms with Gasteiger partial charge in [0.25, 0.3) is 0 Å². The van der Waals surface area contributed by atoms with Crippen LogP contribution in [0.15, 0.2) is 24.3 Å². The smallest absolute Gasteiger partial charge is 0.119 e. The van der Waals surface area contributed by atoms with Crippen LogP contribution in [0.5, 0.6) is 5.75 Å². The first kappa shape index (κ1) is 12.5. The van der Waals surface area contributed by atoms with Gasteiger partial charge in [0.05, 0.1) is 7.11 Å². The molecule has 0 N–H and O–H groups in total. The van der Waals surface area contributed by atoms with E-state index in [0.717, 1.165) is 17.6 Å². The molecule has 0 aromatic heterocycles. The second kappa shape index (κ2) is 6.13. The standard InChI is InChI=1S/C12H18BrNO/c1-10(8-13)14(2)9-11-5-4-6-12(7-11)15-3/h4-7,10H,8-9H2,1-3H3. The molecule has 0 aliphatic rings. The van der Waals surface area contributed by atoms with Crippen molar-refractivity contribution in [1.82, 2.24) is 4.90 Å². The zero-order valence-corrected chi connectivity index (χ0v) is 11.1. The van der Waals surface area contributed by atoms with Crippen LogP contribution in [0.4, 0.5) is 0 Å². The third-order valence-corrected chi connectivity index (χ3v) is 3.48. The minimum Gasteiger partial charge on any atom is -0.497 e. The molecule has 0 spiro atoms. The number of halogens is 1. The normalized spacial score (nSPS) is 12.9. The van der Waals surface area contributed by atoms with Crippen LogP contribution in [0.3, 0.4) is 0 Å². The maximum Gasteiger partial charge on any atom is 0.119 e. The number of alkyl halides is 1. The minimum atomic E-state index is 0.538. The summed E-state index contributed by atoms with van der Waals surface area (Å²) in [4.78, 5) is 2.31. The van der Waals surface area contributed by atoms with E-state index in [1.165, 1.54) is 5.56 Å². The number of nitrogens with zero attached hydrogens (tertiary/aromatic N) is 1. The van der Waals surface area contributed by atoms with Crippen molar-refractivity contribution in [2.45, 2.75) is 19.5 Å². The summed E-state index contributed by atoms with van der Waals surface area (Å²) in [6, 6.07) is 8.74. The van der Waals surface area contributed by atoms with Gasteiger partial charge in [-0.05, 0) is 31.7 Å². The summed E-state index contributed by atoms with van der Waals surface area (Å²) in [6.45, 7) is 3.15. The summed E-state index contributed by atoms with van der Waals surface area (Å²) in [5.74, 6) is 0.924. The molecule has 1 atom stereocenters. The fourth-order valence-corrected chi connectivity index (χ4v) is 1.83. The van der Waals surface area contributed by atoms with Crippen molar-refractivity contribution in [3.63, 3.8) is 0 Å². The lowest BCUT2D eigenvalue weighted by atomic mass is 10.2. The Hall–Kier alpha value is -0.540. The van der Waals surface area contributed by atoms with E-state index in [0.29, 0.717) is 6.04 Å². The average Bonchev–Trinajstić information content (AvgIpc) is 2.28. The summed E-state index contributed by atoms with van der Waals surface area (Å²) in [5.41, 5.74) is 1.28. The van der Waals surface area contributed by atoms with Gasteiger partial charge in [-0.15, -0.1) is 0 Å². The molecule has 1 aromatic carbocycles. The van der Waals surface area contributed by atoms with Crippen LogP contribution in [0, 0.1) is 0 Å². The highest BCUT2D eigenvalue weighted by Gasteiger charge is 2.07. The van der Waals surface area contributed by atoms with Crippen molar-refractivity contribution in [2.75, 3.05) is 19.5 Å². The molecule has 0 aliphatic carbocycles. The Morgan fingerprint density at radius 2 is 2.20 bits per heavy atom. The molecule has 15 heavy (non-hydrogen) atoms. The Labute approximate surface area is 100 Å².